The van der Waals surface area contributed by atoms with Crippen LogP contribution in [0.15, 0.2) is 42.5 Å². The lowest BCUT2D eigenvalue weighted by atomic mass is 9.88. The monoisotopic (exact) mass is 372 g/mol. The molecule has 26 heavy (non-hydrogen) atoms. The lowest BCUT2D eigenvalue weighted by Crippen LogP contribution is -2.33. The van der Waals surface area contributed by atoms with Crippen molar-refractivity contribution >= 4 is 17.5 Å². The first-order valence-electron chi connectivity index (χ1n) is 8.96. The van der Waals surface area contributed by atoms with Gasteiger partial charge in [-0.1, -0.05) is 35.9 Å². The lowest BCUT2D eigenvalue weighted by molar-refractivity contribution is 0.0767. The van der Waals surface area contributed by atoms with E-state index < -0.39 is 5.82 Å². The highest BCUT2D eigenvalue weighted by molar-refractivity contribution is 6.30. The van der Waals surface area contributed by atoms with Gasteiger partial charge in [0.15, 0.2) is 0 Å². The molecule has 5 heteroatoms. The summed E-state index contributed by atoms with van der Waals surface area (Å²) in [4.78, 5) is 17.1. The highest BCUT2D eigenvalue weighted by Crippen LogP contribution is 2.45. The molecule has 136 valence electrons. The number of likely N-dealkylation sites (tertiary alicyclic amines) is 2. The molecule has 2 aromatic rings. The Labute approximate surface area is 158 Å². The number of fused-ring (bicyclic) bond motifs is 1. The largest absolute Gasteiger partial charge is 0.338 e. The highest BCUT2D eigenvalue weighted by atomic mass is 35.5. The maximum atomic E-state index is 13.7. The molecule has 0 unspecified atom stereocenters. The zero-order chi connectivity index (χ0) is 18.4. The second-order valence-corrected chi connectivity index (χ2v) is 7.91. The number of nitrogens with zero attached hydrogens (tertiary/aromatic N) is 2. The van der Waals surface area contributed by atoms with Crippen LogP contribution in [0.2, 0.25) is 5.02 Å². The third-order valence-electron chi connectivity index (χ3n) is 5.86. The minimum Gasteiger partial charge on any atom is -0.338 e. The number of hydrogen-bond acceptors (Lipinski definition) is 2. The molecule has 3 nitrogen and oxygen atoms in total. The van der Waals surface area contributed by atoms with E-state index in [0.29, 0.717) is 30.0 Å². The van der Waals surface area contributed by atoms with Crippen LogP contribution in [0.25, 0.3) is 0 Å². The van der Waals surface area contributed by atoms with Gasteiger partial charge in [-0.3, -0.25) is 9.69 Å². The molecule has 1 amide bonds. The molecule has 0 bridgehead atoms. The zero-order valence-electron chi connectivity index (χ0n) is 15.0. The Morgan fingerprint density at radius 3 is 2.65 bits per heavy atom. The summed E-state index contributed by atoms with van der Waals surface area (Å²) >= 11 is 5.74. The molecule has 2 heterocycles. The number of carbonyl (C=O) groups is 1. The first-order valence-corrected chi connectivity index (χ1v) is 9.33. The SMILES string of the molecule is Cc1ccccc1[C@@H]1[C@@H]2CN(C(=O)c3ccc(Cl)c(F)c3)C[C@@H]2CN1C. The molecule has 2 aromatic carbocycles. The molecule has 2 fully saturated rings. The van der Waals surface area contributed by atoms with Crippen LogP contribution >= 0.6 is 11.6 Å². The Kier molecular flexibility index (Phi) is 4.49. The summed E-state index contributed by atoms with van der Waals surface area (Å²) in [5.41, 5.74) is 3.00. The second-order valence-electron chi connectivity index (χ2n) is 7.50. The van der Waals surface area contributed by atoms with Crippen LogP contribution in [0.4, 0.5) is 4.39 Å². The number of halogens is 2. The molecule has 3 atom stereocenters. The number of aryl methyl sites for hydroxylation is 1. The Balaban J connectivity index is 1.57. The van der Waals surface area contributed by atoms with E-state index in [1.54, 1.807) is 6.07 Å². The van der Waals surface area contributed by atoms with Crippen molar-refractivity contribution in [3.8, 4) is 0 Å². The van der Waals surface area contributed by atoms with Gasteiger partial charge in [-0.25, -0.2) is 4.39 Å². The first kappa shape index (κ1) is 17.5. The zero-order valence-corrected chi connectivity index (χ0v) is 15.7. The third-order valence-corrected chi connectivity index (χ3v) is 6.16. The molecule has 0 saturated carbocycles. The average Bonchev–Trinajstić information content (AvgIpc) is 3.14. The normalized spacial score (nSPS) is 25.5. The molecule has 4 rings (SSSR count). The van der Waals surface area contributed by atoms with Gasteiger partial charge in [0.1, 0.15) is 5.82 Å². The van der Waals surface area contributed by atoms with Crippen LogP contribution < -0.4 is 0 Å². The highest BCUT2D eigenvalue weighted by Gasteiger charge is 2.47. The van der Waals surface area contributed by atoms with Crippen molar-refractivity contribution in [3.63, 3.8) is 0 Å². The van der Waals surface area contributed by atoms with E-state index in [9.17, 15) is 9.18 Å². The molecule has 0 aliphatic carbocycles. The van der Waals surface area contributed by atoms with Crippen molar-refractivity contribution in [2.45, 2.75) is 13.0 Å². The van der Waals surface area contributed by atoms with Crippen LogP contribution in [0.1, 0.15) is 27.5 Å². The van der Waals surface area contributed by atoms with E-state index in [0.717, 1.165) is 13.1 Å². The summed E-state index contributed by atoms with van der Waals surface area (Å²) in [6.07, 6.45) is 0. The molecule has 0 aromatic heterocycles. The molecule has 0 radical (unpaired) electrons. The molecular formula is C21H22ClFN2O. The third kappa shape index (κ3) is 2.91. The lowest BCUT2D eigenvalue weighted by Gasteiger charge is -2.28. The molecule has 2 saturated heterocycles. The Morgan fingerprint density at radius 2 is 1.92 bits per heavy atom. The molecule has 2 aliphatic heterocycles. The van der Waals surface area contributed by atoms with Gasteiger partial charge in [0.05, 0.1) is 5.02 Å². The number of benzene rings is 2. The van der Waals surface area contributed by atoms with E-state index in [-0.39, 0.29) is 10.9 Å². The number of carbonyl (C=O) groups excluding carboxylic acids is 1. The standard InChI is InChI=1S/C21H22ClFN2O/c1-13-5-3-4-6-16(13)20-17-12-25(11-15(17)10-24(20)2)21(26)14-7-8-18(22)19(23)9-14/h3-9,15,17,20H,10-12H2,1-2H3/t15-,17+,20+/m0/s1. The first-order chi connectivity index (χ1) is 12.5. The summed E-state index contributed by atoms with van der Waals surface area (Å²) in [7, 11) is 2.16. The quantitative estimate of drug-likeness (QED) is 0.790. The van der Waals surface area contributed by atoms with Crippen molar-refractivity contribution in [2.75, 3.05) is 26.7 Å². The van der Waals surface area contributed by atoms with Crippen LogP contribution in [0.3, 0.4) is 0 Å². The summed E-state index contributed by atoms with van der Waals surface area (Å²) in [6.45, 7) is 4.55. The Hall–Kier alpha value is -1.91. The van der Waals surface area contributed by atoms with E-state index in [1.807, 2.05) is 4.90 Å². The van der Waals surface area contributed by atoms with Gasteiger partial charge in [-0.05, 0) is 49.2 Å². The predicted molar refractivity (Wildman–Crippen MR) is 101 cm³/mol. The van der Waals surface area contributed by atoms with Gasteiger partial charge in [-0.15, -0.1) is 0 Å². The maximum absolute atomic E-state index is 13.7. The van der Waals surface area contributed by atoms with Crippen LogP contribution in [-0.2, 0) is 0 Å². The minimum atomic E-state index is -0.547. The fraction of sp³-hybridized carbons (Fsp3) is 0.381. The number of hydrogen-bond donors (Lipinski definition) is 0. The van der Waals surface area contributed by atoms with Gasteiger partial charge in [0.25, 0.3) is 5.91 Å². The average molecular weight is 373 g/mol. The van der Waals surface area contributed by atoms with Gasteiger partial charge in [0.2, 0.25) is 0 Å². The van der Waals surface area contributed by atoms with Crippen molar-refractivity contribution < 1.29 is 9.18 Å². The molecule has 0 spiro atoms. The number of amides is 1. The fourth-order valence-corrected chi connectivity index (χ4v) is 4.74. The summed E-state index contributed by atoms with van der Waals surface area (Å²) in [5.74, 6) is 0.198. The van der Waals surface area contributed by atoms with Crippen LogP contribution in [0, 0.1) is 24.6 Å². The van der Waals surface area contributed by atoms with Crippen LogP contribution in [0.5, 0.6) is 0 Å². The Morgan fingerprint density at radius 1 is 1.15 bits per heavy atom. The fourth-order valence-electron chi connectivity index (χ4n) is 4.62. The predicted octanol–water partition coefficient (Wildman–Crippen LogP) is 4.16. The van der Waals surface area contributed by atoms with Crippen molar-refractivity contribution in [1.29, 1.82) is 0 Å². The van der Waals surface area contributed by atoms with Gasteiger partial charge >= 0.3 is 0 Å². The molecule has 0 N–H and O–H groups in total. The second kappa shape index (κ2) is 6.67. The van der Waals surface area contributed by atoms with Crippen molar-refractivity contribution in [2.24, 2.45) is 11.8 Å². The summed E-state index contributed by atoms with van der Waals surface area (Å²) < 4.78 is 13.7. The van der Waals surface area contributed by atoms with Crippen molar-refractivity contribution in [1.82, 2.24) is 9.80 Å². The van der Waals surface area contributed by atoms with Gasteiger partial charge in [0, 0.05) is 37.2 Å². The topological polar surface area (TPSA) is 23.6 Å². The minimum absolute atomic E-state index is 0.0427. The summed E-state index contributed by atoms with van der Waals surface area (Å²) in [5, 5.41) is 0.0427. The summed E-state index contributed by atoms with van der Waals surface area (Å²) in [6, 6.07) is 13.1. The number of rotatable bonds is 2. The molecule has 2 aliphatic rings. The van der Waals surface area contributed by atoms with Gasteiger partial charge in [-0.2, -0.15) is 0 Å². The van der Waals surface area contributed by atoms with E-state index in [2.05, 4.69) is 43.1 Å². The van der Waals surface area contributed by atoms with E-state index in [4.69, 9.17) is 11.6 Å². The van der Waals surface area contributed by atoms with Gasteiger partial charge < -0.3 is 4.90 Å². The van der Waals surface area contributed by atoms with Crippen molar-refractivity contribution in [3.05, 3.63) is 70.0 Å². The van der Waals surface area contributed by atoms with Crippen LogP contribution in [-0.4, -0.2) is 42.4 Å². The van der Waals surface area contributed by atoms with E-state index in [1.165, 1.54) is 23.3 Å². The maximum Gasteiger partial charge on any atom is 0.253 e. The smallest absolute Gasteiger partial charge is 0.253 e. The molecular weight excluding hydrogens is 351 g/mol. The Bertz CT molecular complexity index is 856. The van der Waals surface area contributed by atoms with E-state index >= 15 is 0 Å².